The van der Waals surface area contributed by atoms with E-state index in [0.717, 1.165) is 11.3 Å². The Balaban J connectivity index is 1.37. The standard InChI is InChI=1S/C26H29N3O4S/c1-26(2,20-7-5-4-6-8-20)25(31)29-13-11-28(12-14-29)24(30)19-9-10-22(23(15-19)32-3)33-16-21-17-34-18-27-21/h4-10,15,17-18H,11-14,16H2,1-3H3. The topological polar surface area (TPSA) is 72.0 Å². The van der Waals surface area contributed by atoms with Crippen molar-refractivity contribution in [2.45, 2.75) is 25.9 Å². The molecule has 4 rings (SSSR count). The molecular weight excluding hydrogens is 450 g/mol. The van der Waals surface area contributed by atoms with E-state index in [4.69, 9.17) is 9.47 Å². The summed E-state index contributed by atoms with van der Waals surface area (Å²) in [6.07, 6.45) is 0. The van der Waals surface area contributed by atoms with Crippen LogP contribution in [0.2, 0.25) is 0 Å². The smallest absolute Gasteiger partial charge is 0.254 e. The van der Waals surface area contributed by atoms with Gasteiger partial charge in [0.05, 0.1) is 23.7 Å². The van der Waals surface area contributed by atoms with Crippen molar-refractivity contribution in [3.8, 4) is 11.5 Å². The highest BCUT2D eigenvalue weighted by atomic mass is 32.1. The third-order valence-electron chi connectivity index (χ3n) is 6.15. The zero-order valence-electron chi connectivity index (χ0n) is 19.7. The van der Waals surface area contributed by atoms with Crippen molar-refractivity contribution in [1.82, 2.24) is 14.8 Å². The Bertz CT molecular complexity index is 1120. The fraction of sp³-hybridized carbons (Fsp3) is 0.346. The van der Waals surface area contributed by atoms with E-state index < -0.39 is 5.41 Å². The quantitative estimate of drug-likeness (QED) is 0.512. The summed E-state index contributed by atoms with van der Waals surface area (Å²) in [5.41, 5.74) is 3.50. The number of methoxy groups -OCH3 is 1. The predicted octanol–water partition coefficient (Wildman–Crippen LogP) is 3.99. The molecule has 178 valence electrons. The highest BCUT2D eigenvalue weighted by Crippen LogP contribution is 2.30. The molecule has 0 bridgehead atoms. The fourth-order valence-electron chi connectivity index (χ4n) is 4.05. The first-order valence-corrected chi connectivity index (χ1v) is 12.2. The molecule has 7 nitrogen and oxygen atoms in total. The molecule has 1 fully saturated rings. The third-order valence-corrected chi connectivity index (χ3v) is 6.79. The second kappa shape index (κ2) is 10.3. The van der Waals surface area contributed by atoms with Crippen molar-refractivity contribution < 1.29 is 19.1 Å². The lowest BCUT2D eigenvalue weighted by Gasteiger charge is -2.38. The Kier molecular flexibility index (Phi) is 7.17. The van der Waals surface area contributed by atoms with Crippen LogP contribution in [0.4, 0.5) is 0 Å². The van der Waals surface area contributed by atoms with Gasteiger partial charge in [-0.2, -0.15) is 0 Å². The van der Waals surface area contributed by atoms with Crippen LogP contribution >= 0.6 is 11.3 Å². The number of carbonyl (C=O) groups excluding carboxylic acids is 2. The molecule has 34 heavy (non-hydrogen) atoms. The second-order valence-electron chi connectivity index (χ2n) is 8.71. The van der Waals surface area contributed by atoms with Crippen molar-refractivity contribution >= 4 is 23.2 Å². The predicted molar refractivity (Wildman–Crippen MR) is 131 cm³/mol. The Hall–Kier alpha value is -3.39. The molecule has 0 unspecified atom stereocenters. The first-order chi connectivity index (χ1) is 16.4. The van der Waals surface area contributed by atoms with E-state index in [2.05, 4.69) is 4.98 Å². The molecule has 1 aliphatic rings. The number of nitrogens with zero attached hydrogens (tertiary/aromatic N) is 3. The maximum absolute atomic E-state index is 13.2. The summed E-state index contributed by atoms with van der Waals surface area (Å²) < 4.78 is 11.3. The largest absolute Gasteiger partial charge is 0.493 e. The molecular formula is C26H29N3O4S. The van der Waals surface area contributed by atoms with Crippen LogP contribution in [0.1, 0.15) is 35.5 Å². The summed E-state index contributed by atoms with van der Waals surface area (Å²) in [4.78, 5) is 34.2. The Labute approximate surface area is 203 Å². The van der Waals surface area contributed by atoms with Crippen molar-refractivity contribution in [1.29, 1.82) is 0 Å². The molecule has 2 amide bonds. The maximum Gasteiger partial charge on any atom is 0.254 e. The lowest BCUT2D eigenvalue weighted by molar-refractivity contribution is -0.137. The number of aromatic nitrogens is 1. The van der Waals surface area contributed by atoms with Crippen molar-refractivity contribution in [3.63, 3.8) is 0 Å². The van der Waals surface area contributed by atoms with Gasteiger partial charge in [-0.3, -0.25) is 9.59 Å². The van der Waals surface area contributed by atoms with Crippen molar-refractivity contribution in [2.24, 2.45) is 0 Å². The third kappa shape index (κ3) is 5.07. The van der Waals surface area contributed by atoms with E-state index in [0.29, 0.717) is 49.8 Å². The molecule has 0 saturated carbocycles. The number of rotatable bonds is 7. The van der Waals surface area contributed by atoms with Gasteiger partial charge in [-0.25, -0.2) is 4.98 Å². The summed E-state index contributed by atoms with van der Waals surface area (Å²) in [5.74, 6) is 1.05. The van der Waals surface area contributed by atoms with Gasteiger partial charge in [0.2, 0.25) is 5.91 Å². The summed E-state index contributed by atoms with van der Waals surface area (Å²) in [7, 11) is 1.55. The van der Waals surface area contributed by atoms with Gasteiger partial charge in [-0.1, -0.05) is 30.3 Å². The van der Waals surface area contributed by atoms with Crippen LogP contribution in [0.5, 0.6) is 11.5 Å². The molecule has 0 radical (unpaired) electrons. The first kappa shape index (κ1) is 23.8. The van der Waals surface area contributed by atoms with Gasteiger partial charge >= 0.3 is 0 Å². The Morgan fingerprint density at radius 1 is 1.00 bits per heavy atom. The number of piperazine rings is 1. The second-order valence-corrected chi connectivity index (χ2v) is 9.43. The molecule has 2 heterocycles. The molecule has 1 saturated heterocycles. The van der Waals surface area contributed by atoms with Gasteiger partial charge in [0.25, 0.3) is 5.91 Å². The minimum Gasteiger partial charge on any atom is -0.493 e. The molecule has 0 N–H and O–H groups in total. The molecule has 1 aromatic heterocycles. The minimum absolute atomic E-state index is 0.0779. The van der Waals surface area contributed by atoms with Crippen molar-refractivity contribution in [3.05, 3.63) is 76.2 Å². The van der Waals surface area contributed by atoms with E-state index in [1.54, 1.807) is 35.7 Å². The zero-order valence-corrected chi connectivity index (χ0v) is 20.5. The summed E-state index contributed by atoms with van der Waals surface area (Å²) >= 11 is 1.51. The molecule has 0 aliphatic carbocycles. The average Bonchev–Trinajstić information content (AvgIpc) is 3.41. The van der Waals surface area contributed by atoms with E-state index >= 15 is 0 Å². The summed E-state index contributed by atoms with van der Waals surface area (Å²) in [6.45, 7) is 6.22. The van der Waals surface area contributed by atoms with Crippen LogP contribution in [-0.4, -0.2) is 59.9 Å². The number of carbonyl (C=O) groups is 2. The van der Waals surface area contributed by atoms with E-state index in [-0.39, 0.29) is 11.8 Å². The van der Waals surface area contributed by atoms with Crippen LogP contribution in [0, 0.1) is 0 Å². The van der Waals surface area contributed by atoms with Crippen LogP contribution in [-0.2, 0) is 16.8 Å². The number of hydrogen-bond acceptors (Lipinski definition) is 6. The molecule has 8 heteroatoms. The summed E-state index contributed by atoms with van der Waals surface area (Å²) in [5, 5.41) is 1.93. The fourth-order valence-corrected chi connectivity index (χ4v) is 4.59. The van der Waals surface area contributed by atoms with Gasteiger partial charge < -0.3 is 19.3 Å². The van der Waals surface area contributed by atoms with Gasteiger partial charge in [-0.15, -0.1) is 11.3 Å². The van der Waals surface area contributed by atoms with Crippen molar-refractivity contribution in [2.75, 3.05) is 33.3 Å². The SMILES string of the molecule is COc1cc(C(=O)N2CCN(C(=O)C(C)(C)c3ccccc3)CC2)ccc1OCc1cscn1. The maximum atomic E-state index is 13.2. The highest BCUT2D eigenvalue weighted by molar-refractivity contribution is 7.07. The van der Waals surface area contributed by atoms with Gasteiger partial charge in [0.1, 0.15) is 6.61 Å². The van der Waals surface area contributed by atoms with Gasteiger partial charge in [0.15, 0.2) is 11.5 Å². The first-order valence-electron chi connectivity index (χ1n) is 11.2. The summed E-state index contributed by atoms with van der Waals surface area (Å²) in [6, 6.07) is 15.0. The van der Waals surface area contributed by atoms with Crippen LogP contribution in [0.3, 0.4) is 0 Å². The highest BCUT2D eigenvalue weighted by Gasteiger charge is 2.35. The Morgan fingerprint density at radius 3 is 2.35 bits per heavy atom. The number of amides is 2. The van der Waals surface area contributed by atoms with E-state index in [9.17, 15) is 9.59 Å². The molecule has 0 spiro atoms. The van der Waals surface area contributed by atoms with Crippen LogP contribution < -0.4 is 9.47 Å². The van der Waals surface area contributed by atoms with Gasteiger partial charge in [-0.05, 0) is 37.6 Å². The van der Waals surface area contributed by atoms with Crippen LogP contribution in [0.15, 0.2) is 59.4 Å². The number of thiazole rings is 1. The lowest BCUT2D eigenvalue weighted by atomic mass is 9.83. The minimum atomic E-state index is -0.616. The number of benzene rings is 2. The Morgan fingerprint density at radius 2 is 1.71 bits per heavy atom. The number of hydrogen-bond donors (Lipinski definition) is 0. The van der Waals surface area contributed by atoms with E-state index in [1.807, 2.05) is 54.5 Å². The monoisotopic (exact) mass is 479 g/mol. The molecule has 3 aromatic rings. The number of ether oxygens (including phenoxy) is 2. The normalized spacial score (nSPS) is 14.1. The van der Waals surface area contributed by atoms with Gasteiger partial charge in [0, 0.05) is 37.1 Å². The lowest BCUT2D eigenvalue weighted by Crippen LogP contribution is -2.54. The zero-order chi connectivity index (χ0) is 24.1. The molecule has 1 aliphatic heterocycles. The molecule has 0 atom stereocenters. The van der Waals surface area contributed by atoms with E-state index in [1.165, 1.54) is 11.3 Å². The average molecular weight is 480 g/mol. The van der Waals surface area contributed by atoms with Crippen LogP contribution in [0.25, 0.3) is 0 Å². The molecule has 2 aromatic carbocycles.